The van der Waals surface area contributed by atoms with Crippen LogP contribution in [-0.4, -0.2) is 31.6 Å². The Morgan fingerprint density at radius 2 is 1.39 bits per heavy atom. The van der Waals surface area contributed by atoms with Crippen molar-refractivity contribution in [3.8, 4) is 5.75 Å². The second-order valence-electron chi connectivity index (χ2n) is 6.49. The van der Waals surface area contributed by atoms with Crippen LogP contribution in [0.15, 0.2) is 78.9 Å². The molecule has 0 aliphatic heterocycles. The number of amides is 1. The van der Waals surface area contributed by atoms with Crippen molar-refractivity contribution in [1.29, 1.82) is 0 Å². The van der Waals surface area contributed by atoms with E-state index in [1.165, 1.54) is 31.4 Å². The average molecular weight is 419 g/mol. The first-order valence-electron chi connectivity index (χ1n) is 9.47. The fraction of sp³-hybridized carbons (Fsp3) is 0.125. The van der Waals surface area contributed by atoms with E-state index in [1.807, 2.05) is 30.3 Å². The molecule has 158 valence electrons. The smallest absolute Gasteiger partial charge is 0.338 e. The minimum atomic E-state index is -0.670. The van der Waals surface area contributed by atoms with Crippen molar-refractivity contribution < 1.29 is 28.6 Å². The third-order valence-corrected chi connectivity index (χ3v) is 4.26. The van der Waals surface area contributed by atoms with Gasteiger partial charge in [-0.25, -0.2) is 9.59 Å². The summed E-state index contributed by atoms with van der Waals surface area (Å²) in [6, 6.07) is 22.4. The summed E-state index contributed by atoms with van der Waals surface area (Å²) in [5.41, 5.74) is 2.14. The third-order valence-electron chi connectivity index (χ3n) is 4.26. The zero-order valence-electron chi connectivity index (χ0n) is 16.9. The number of ether oxygens (including phenoxy) is 3. The molecule has 31 heavy (non-hydrogen) atoms. The van der Waals surface area contributed by atoms with Gasteiger partial charge in [0.05, 0.1) is 18.2 Å². The van der Waals surface area contributed by atoms with E-state index >= 15 is 0 Å². The number of hydrogen-bond donors (Lipinski definition) is 1. The number of hydrogen-bond acceptors (Lipinski definition) is 6. The van der Waals surface area contributed by atoms with Crippen molar-refractivity contribution in [3.63, 3.8) is 0 Å². The number of methoxy groups -OCH3 is 1. The molecule has 0 aromatic heterocycles. The van der Waals surface area contributed by atoms with Crippen molar-refractivity contribution in [1.82, 2.24) is 0 Å². The van der Waals surface area contributed by atoms with Crippen LogP contribution in [0.3, 0.4) is 0 Å². The molecule has 3 rings (SSSR count). The number of esters is 2. The first-order valence-corrected chi connectivity index (χ1v) is 9.47. The molecule has 0 heterocycles. The fourth-order valence-electron chi connectivity index (χ4n) is 2.65. The van der Waals surface area contributed by atoms with Gasteiger partial charge in [-0.15, -0.1) is 0 Å². The molecule has 3 aromatic rings. The molecule has 0 unspecified atom stereocenters. The summed E-state index contributed by atoms with van der Waals surface area (Å²) in [5.74, 6) is -0.979. The highest BCUT2D eigenvalue weighted by molar-refractivity contribution is 5.96. The van der Waals surface area contributed by atoms with E-state index < -0.39 is 24.5 Å². The lowest BCUT2D eigenvalue weighted by molar-refractivity contribution is -0.119. The molecule has 3 aromatic carbocycles. The second-order valence-corrected chi connectivity index (χ2v) is 6.49. The van der Waals surface area contributed by atoms with E-state index in [9.17, 15) is 14.4 Å². The summed E-state index contributed by atoms with van der Waals surface area (Å²) >= 11 is 0. The number of carbonyl (C=O) groups is 3. The molecule has 0 saturated heterocycles. The Hall–Kier alpha value is -4.13. The number of nitrogens with one attached hydrogen (secondary N) is 1. The first kappa shape index (κ1) is 21.6. The molecule has 0 aliphatic carbocycles. The molecular formula is C24H21NO6. The summed E-state index contributed by atoms with van der Waals surface area (Å²) in [5, 5.41) is 2.65. The van der Waals surface area contributed by atoms with Crippen LogP contribution in [0.25, 0.3) is 0 Å². The summed E-state index contributed by atoms with van der Waals surface area (Å²) < 4.78 is 15.3. The van der Waals surface area contributed by atoms with Crippen LogP contribution in [0.1, 0.15) is 26.3 Å². The van der Waals surface area contributed by atoms with Gasteiger partial charge in [0, 0.05) is 5.69 Å². The highest BCUT2D eigenvalue weighted by Gasteiger charge is 2.12. The molecule has 1 N–H and O–H groups in total. The summed E-state index contributed by atoms with van der Waals surface area (Å²) in [4.78, 5) is 35.5. The van der Waals surface area contributed by atoms with Crippen molar-refractivity contribution in [2.24, 2.45) is 0 Å². The third kappa shape index (κ3) is 6.43. The second kappa shape index (κ2) is 10.6. The molecule has 0 fully saturated rings. The molecule has 7 heteroatoms. The van der Waals surface area contributed by atoms with E-state index in [-0.39, 0.29) is 5.56 Å². The quantitative estimate of drug-likeness (QED) is 0.558. The Morgan fingerprint density at radius 3 is 2.00 bits per heavy atom. The van der Waals surface area contributed by atoms with Crippen LogP contribution in [0.2, 0.25) is 0 Å². The van der Waals surface area contributed by atoms with Crippen LogP contribution in [0.5, 0.6) is 5.75 Å². The van der Waals surface area contributed by atoms with Gasteiger partial charge < -0.3 is 19.5 Å². The molecule has 1 amide bonds. The Labute approximate surface area is 179 Å². The van der Waals surface area contributed by atoms with Gasteiger partial charge in [0.25, 0.3) is 5.91 Å². The van der Waals surface area contributed by atoms with E-state index in [0.717, 1.165) is 5.56 Å². The van der Waals surface area contributed by atoms with Gasteiger partial charge in [-0.2, -0.15) is 0 Å². The molecule has 0 radical (unpaired) electrons. The van der Waals surface area contributed by atoms with Gasteiger partial charge in [0.2, 0.25) is 0 Å². The molecule has 0 atom stereocenters. The monoisotopic (exact) mass is 419 g/mol. The lowest BCUT2D eigenvalue weighted by Gasteiger charge is -2.09. The van der Waals surface area contributed by atoms with Gasteiger partial charge >= 0.3 is 11.9 Å². The maximum absolute atomic E-state index is 12.1. The summed E-state index contributed by atoms with van der Waals surface area (Å²) in [7, 11) is 1.27. The minimum absolute atomic E-state index is 0.223. The molecular weight excluding hydrogens is 398 g/mol. The molecule has 0 spiro atoms. The normalized spacial score (nSPS) is 10.1. The van der Waals surface area contributed by atoms with Crippen molar-refractivity contribution >= 4 is 23.5 Å². The van der Waals surface area contributed by atoms with Crippen molar-refractivity contribution in [3.05, 3.63) is 95.6 Å². The minimum Gasteiger partial charge on any atom is -0.489 e. The Morgan fingerprint density at radius 1 is 0.774 bits per heavy atom. The predicted octanol–water partition coefficient (Wildman–Crippen LogP) is 3.85. The number of carbonyl (C=O) groups excluding carboxylic acids is 3. The van der Waals surface area contributed by atoms with Gasteiger partial charge in [0.1, 0.15) is 12.4 Å². The SMILES string of the molecule is COC(=O)c1ccc(C(=O)OCC(=O)Nc2ccc(OCc3ccccc3)cc2)cc1. The average Bonchev–Trinajstić information content (AvgIpc) is 2.82. The lowest BCUT2D eigenvalue weighted by atomic mass is 10.1. The maximum atomic E-state index is 12.1. The van der Waals surface area contributed by atoms with Gasteiger partial charge in [-0.1, -0.05) is 30.3 Å². The zero-order valence-corrected chi connectivity index (χ0v) is 16.9. The van der Waals surface area contributed by atoms with Crippen molar-refractivity contribution in [2.75, 3.05) is 19.0 Å². The van der Waals surface area contributed by atoms with Crippen LogP contribution >= 0.6 is 0 Å². The van der Waals surface area contributed by atoms with Crippen LogP contribution in [0.4, 0.5) is 5.69 Å². The number of anilines is 1. The van der Waals surface area contributed by atoms with Gasteiger partial charge in [-0.05, 0) is 54.1 Å². The highest BCUT2D eigenvalue weighted by atomic mass is 16.5. The van der Waals surface area contributed by atoms with E-state index in [0.29, 0.717) is 23.6 Å². The summed E-state index contributed by atoms with van der Waals surface area (Å²) in [6.45, 7) is 0.00690. The first-order chi connectivity index (χ1) is 15.0. The van der Waals surface area contributed by atoms with Crippen LogP contribution < -0.4 is 10.1 Å². The fourth-order valence-corrected chi connectivity index (χ4v) is 2.65. The molecule has 0 saturated carbocycles. The van der Waals surface area contributed by atoms with E-state index in [1.54, 1.807) is 24.3 Å². The zero-order chi connectivity index (χ0) is 22.1. The largest absolute Gasteiger partial charge is 0.489 e. The van der Waals surface area contributed by atoms with Crippen LogP contribution in [-0.2, 0) is 20.9 Å². The molecule has 0 bridgehead atoms. The lowest BCUT2D eigenvalue weighted by Crippen LogP contribution is -2.21. The summed E-state index contributed by atoms with van der Waals surface area (Å²) in [6.07, 6.45) is 0. The Balaban J connectivity index is 1.44. The van der Waals surface area contributed by atoms with E-state index in [2.05, 4.69) is 10.1 Å². The predicted molar refractivity (Wildman–Crippen MR) is 114 cm³/mol. The maximum Gasteiger partial charge on any atom is 0.338 e. The Kier molecular flexibility index (Phi) is 7.37. The topological polar surface area (TPSA) is 90.9 Å². The Bertz CT molecular complexity index is 1030. The van der Waals surface area contributed by atoms with E-state index in [4.69, 9.17) is 9.47 Å². The van der Waals surface area contributed by atoms with Crippen molar-refractivity contribution in [2.45, 2.75) is 6.61 Å². The highest BCUT2D eigenvalue weighted by Crippen LogP contribution is 2.17. The number of benzene rings is 3. The number of rotatable bonds is 8. The van der Waals surface area contributed by atoms with Gasteiger partial charge in [0.15, 0.2) is 6.61 Å². The van der Waals surface area contributed by atoms with Gasteiger partial charge in [-0.3, -0.25) is 4.79 Å². The standard InChI is InChI=1S/C24H21NO6/c1-29-23(27)18-7-9-19(10-8-18)24(28)31-16-22(26)25-20-11-13-21(14-12-20)30-15-17-5-3-2-4-6-17/h2-14H,15-16H2,1H3,(H,25,26). The molecule has 0 aliphatic rings. The molecule has 7 nitrogen and oxygen atoms in total. The van der Waals surface area contributed by atoms with Crippen LogP contribution in [0, 0.1) is 0 Å².